The van der Waals surface area contributed by atoms with E-state index in [9.17, 15) is 13.6 Å². The Labute approximate surface area is 150 Å². The van der Waals surface area contributed by atoms with Gasteiger partial charge in [0.25, 0.3) is 0 Å². The van der Waals surface area contributed by atoms with Crippen molar-refractivity contribution < 1.29 is 18.3 Å². The van der Waals surface area contributed by atoms with Crippen molar-refractivity contribution in [3.8, 4) is 11.8 Å². The van der Waals surface area contributed by atoms with Crippen LogP contribution in [-0.2, 0) is 9.53 Å². The molecule has 2 aromatic rings. The fourth-order valence-corrected chi connectivity index (χ4v) is 1.99. The summed E-state index contributed by atoms with van der Waals surface area (Å²) < 4.78 is 30.9. The maximum Gasteiger partial charge on any atom is 0.317 e. The van der Waals surface area contributed by atoms with Gasteiger partial charge in [-0.15, -0.1) is 0 Å². The van der Waals surface area contributed by atoms with Gasteiger partial charge >= 0.3 is 5.97 Å². The first-order chi connectivity index (χ1) is 12.5. The van der Waals surface area contributed by atoms with Gasteiger partial charge in [0.1, 0.15) is 23.8 Å². The van der Waals surface area contributed by atoms with E-state index >= 15 is 0 Å². The molecule has 0 N–H and O–H groups in total. The third kappa shape index (κ3) is 5.35. The van der Waals surface area contributed by atoms with E-state index in [-0.39, 0.29) is 12.2 Å². The molecule has 0 bridgehead atoms. The minimum absolute atomic E-state index is 0.105. The highest BCUT2D eigenvalue weighted by molar-refractivity contribution is 6.19. The predicted octanol–water partition coefficient (Wildman–Crippen LogP) is 3.40. The Morgan fingerprint density at radius 3 is 2.04 bits per heavy atom. The first-order valence-corrected chi connectivity index (χ1v) is 7.66. The summed E-state index contributed by atoms with van der Waals surface area (Å²) in [5.74, 6) is 4.56. The summed E-state index contributed by atoms with van der Waals surface area (Å²) in [7, 11) is 2.82. The molecule has 0 saturated carbocycles. The van der Waals surface area contributed by atoms with Crippen molar-refractivity contribution in [2.75, 3.05) is 14.2 Å². The number of halogens is 2. The molecule has 0 spiro atoms. The average molecular weight is 354 g/mol. The molecule has 0 unspecified atom stereocenters. The van der Waals surface area contributed by atoms with E-state index in [1.807, 2.05) is 0 Å². The molecule has 0 saturated heterocycles. The zero-order valence-corrected chi connectivity index (χ0v) is 14.3. The molecule has 26 heavy (non-hydrogen) atoms. The lowest BCUT2D eigenvalue weighted by Crippen LogP contribution is -2.06. The number of ether oxygens (including phenoxy) is 1. The number of carbonyl (C=O) groups excluding carboxylic acids is 1. The number of hydrogen-bond donors (Lipinski definition) is 0. The molecule has 2 rings (SSSR count). The van der Waals surface area contributed by atoms with Gasteiger partial charge in [-0.05, 0) is 54.5 Å². The van der Waals surface area contributed by atoms with Gasteiger partial charge in [0.15, 0.2) is 5.84 Å². The molecule has 0 aliphatic heterocycles. The maximum atomic E-state index is 13.2. The predicted molar refractivity (Wildman–Crippen MR) is 96.2 cm³/mol. The summed E-state index contributed by atoms with van der Waals surface area (Å²) in [6, 6.07) is 11.3. The Balaban J connectivity index is 2.43. The molecule has 2 aromatic carbocycles. The Morgan fingerprint density at radius 1 is 1.00 bits per heavy atom. The van der Waals surface area contributed by atoms with Crippen LogP contribution in [0.1, 0.15) is 17.5 Å². The Kier molecular flexibility index (Phi) is 6.75. The first kappa shape index (κ1) is 19.0. The van der Waals surface area contributed by atoms with Crippen LogP contribution in [0.15, 0.2) is 58.5 Å². The van der Waals surface area contributed by atoms with Gasteiger partial charge in [0, 0.05) is 18.2 Å². The van der Waals surface area contributed by atoms with Crippen LogP contribution < -0.4 is 0 Å². The molecule has 0 radical (unpaired) electrons. The molecule has 0 aliphatic carbocycles. The third-order valence-electron chi connectivity index (χ3n) is 3.32. The highest BCUT2D eigenvalue weighted by atomic mass is 19.1. The number of hydrogen-bond acceptors (Lipinski definition) is 3. The van der Waals surface area contributed by atoms with Crippen molar-refractivity contribution in [1.82, 2.24) is 0 Å². The van der Waals surface area contributed by atoms with Crippen molar-refractivity contribution in [2.45, 2.75) is 6.42 Å². The second kappa shape index (κ2) is 9.23. The van der Waals surface area contributed by atoms with Gasteiger partial charge in [-0.3, -0.25) is 9.79 Å². The molecule has 0 aliphatic rings. The molecule has 132 valence electrons. The first-order valence-electron chi connectivity index (χ1n) is 7.66. The molecular weight excluding hydrogens is 338 g/mol. The van der Waals surface area contributed by atoms with Crippen LogP contribution in [0.5, 0.6) is 0 Å². The highest BCUT2D eigenvalue weighted by Gasteiger charge is 2.07. The summed E-state index contributed by atoms with van der Waals surface area (Å²) in [5.41, 5.74) is 1.47. The minimum Gasteiger partial charge on any atom is -0.468 e. The van der Waals surface area contributed by atoms with Crippen LogP contribution in [0, 0.1) is 23.5 Å². The fourth-order valence-electron chi connectivity index (χ4n) is 1.99. The van der Waals surface area contributed by atoms with Crippen molar-refractivity contribution >= 4 is 17.5 Å². The van der Waals surface area contributed by atoms with E-state index < -0.39 is 11.8 Å². The molecule has 6 heteroatoms. The number of amidine groups is 1. The lowest BCUT2D eigenvalue weighted by atomic mass is 10.1. The Morgan fingerprint density at radius 2 is 1.54 bits per heavy atom. The zero-order valence-electron chi connectivity index (χ0n) is 14.3. The van der Waals surface area contributed by atoms with Gasteiger partial charge in [-0.2, -0.15) is 0 Å². The number of nitrogens with zero attached hydrogens (tertiary/aromatic N) is 2. The van der Waals surface area contributed by atoms with Crippen molar-refractivity contribution in [3.05, 3.63) is 71.3 Å². The second-order valence-corrected chi connectivity index (χ2v) is 5.08. The van der Waals surface area contributed by atoms with E-state index in [0.29, 0.717) is 22.7 Å². The molecule has 0 aromatic heterocycles. The van der Waals surface area contributed by atoms with E-state index in [0.717, 1.165) is 0 Å². The second-order valence-electron chi connectivity index (χ2n) is 5.08. The summed E-state index contributed by atoms with van der Waals surface area (Å²) in [6.07, 6.45) is -0.105. The van der Waals surface area contributed by atoms with E-state index in [4.69, 9.17) is 0 Å². The number of esters is 1. The van der Waals surface area contributed by atoms with Gasteiger partial charge in [0.05, 0.1) is 7.11 Å². The summed E-state index contributed by atoms with van der Waals surface area (Å²) in [4.78, 5) is 19.7. The maximum absolute atomic E-state index is 13.2. The standard InChI is InChI=1S/C20H16F2N2O2/c1-23-20(15-8-12-17(22)13-9-15)24-18(4-3-5-19(25)26-2)14-6-10-16(21)11-7-14/h6-13H,5H2,1-2H3. The van der Waals surface area contributed by atoms with Crippen LogP contribution in [0.4, 0.5) is 8.78 Å². The minimum atomic E-state index is -0.473. The SMILES string of the molecule is CN=C(N=C(C#CCC(=O)OC)c1ccc(F)cc1)c1ccc(F)cc1. The number of methoxy groups -OCH3 is 1. The number of rotatable bonds is 3. The summed E-state index contributed by atoms with van der Waals surface area (Å²) in [6.45, 7) is 0. The Bertz CT molecular complexity index is 890. The molecule has 0 fully saturated rings. The average Bonchev–Trinajstić information content (AvgIpc) is 2.66. The molecule has 0 amide bonds. The van der Waals surface area contributed by atoms with Gasteiger partial charge < -0.3 is 4.74 Å². The van der Waals surface area contributed by atoms with Crippen LogP contribution in [0.25, 0.3) is 0 Å². The number of aliphatic imine (C=N–C) groups is 2. The zero-order chi connectivity index (χ0) is 18.9. The van der Waals surface area contributed by atoms with Crippen LogP contribution in [0.3, 0.4) is 0 Å². The van der Waals surface area contributed by atoms with E-state index in [2.05, 4.69) is 26.6 Å². The molecule has 0 atom stereocenters. The number of benzene rings is 2. The fraction of sp³-hybridized carbons (Fsp3) is 0.150. The molecular formula is C20H16F2N2O2. The van der Waals surface area contributed by atoms with Crippen molar-refractivity contribution in [3.63, 3.8) is 0 Å². The molecule has 4 nitrogen and oxygen atoms in total. The van der Waals surface area contributed by atoms with Gasteiger partial charge in [0.2, 0.25) is 0 Å². The molecule has 0 heterocycles. The van der Waals surface area contributed by atoms with Gasteiger partial charge in [-0.25, -0.2) is 13.8 Å². The quantitative estimate of drug-likeness (QED) is 0.367. The van der Waals surface area contributed by atoms with Crippen LogP contribution in [-0.4, -0.2) is 31.7 Å². The van der Waals surface area contributed by atoms with Crippen LogP contribution >= 0.6 is 0 Å². The summed E-state index contributed by atoms with van der Waals surface area (Å²) in [5, 5.41) is 0. The monoisotopic (exact) mass is 354 g/mol. The van der Waals surface area contributed by atoms with E-state index in [1.165, 1.54) is 43.5 Å². The smallest absolute Gasteiger partial charge is 0.317 e. The van der Waals surface area contributed by atoms with Crippen LogP contribution in [0.2, 0.25) is 0 Å². The normalized spacial score (nSPS) is 11.5. The number of carbonyl (C=O) groups is 1. The lowest BCUT2D eigenvalue weighted by Gasteiger charge is -2.04. The van der Waals surface area contributed by atoms with E-state index in [1.54, 1.807) is 19.2 Å². The Hall–Kier alpha value is -3.33. The highest BCUT2D eigenvalue weighted by Crippen LogP contribution is 2.09. The lowest BCUT2D eigenvalue weighted by molar-refractivity contribution is -0.139. The third-order valence-corrected chi connectivity index (χ3v) is 3.32. The van der Waals surface area contributed by atoms with Crippen molar-refractivity contribution in [1.29, 1.82) is 0 Å². The topological polar surface area (TPSA) is 51.0 Å². The van der Waals surface area contributed by atoms with Gasteiger partial charge in [-0.1, -0.05) is 5.92 Å². The summed E-state index contributed by atoms with van der Waals surface area (Å²) >= 11 is 0. The van der Waals surface area contributed by atoms with Crippen molar-refractivity contribution in [2.24, 2.45) is 9.98 Å². The largest absolute Gasteiger partial charge is 0.468 e.